The van der Waals surface area contributed by atoms with Gasteiger partial charge >= 0.3 is 0 Å². The zero-order valence-corrected chi connectivity index (χ0v) is 14.5. The van der Waals surface area contributed by atoms with E-state index in [1.165, 1.54) is 21.6 Å². The van der Waals surface area contributed by atoms with Gasteiger partial charge in [0.15, 0.2) is 10.7 Å². The second-order valence-corrected chi connectivity index (χ2v) is 8.23. The molecule has 0 saturated carbocycles. The molecule has 3 fully saturated rings. The van der Waals surface area contributed by atoms with Gasteiger partial charge in [-0.15, -0.1) is 0 Å². The van der Waals surface area contributed by atoms with Crippen LogP contribution in [0.15, 0.2) is 60.7 Å². The molecule has 0 N–H and O–H groups in total. The van der Waals surface area contributed by atoms with Crippen LogP contribution in [0.4, 0.5) is 0 Å². The monoisotopic (exact) mass is 356 g/mol. The molecule has 2 aromatic rings. The van der Waals surface area contributed by atoms with E-state index in [9.17, 15) is 9.59 Å². The molecule has 2 aromatic carbocycles. The van der Waals surface area contributed by atoms with E-state index in [1.54, 1.807) is 9.80 Å². The second-order valence-electron chi connectivity index (χ2n) is 5.80. The van der Waals surface area contributed by atoms with Gasteiger partial charge in [0.1, 0.15) is 0 Å². The molecule has 0 aromatic heterocycles. The fourth-order valence-electron chi connectivity index (χ4n) is 2.95. The van der Waals surface area contributed by atoms with Crippen molar-refractivity contribution in [3.05, 3.63) is 71.8 Å². The summed E-state index contributed by atoms with van der Waals surface area (Å²) in [5, 5.41) is -0.868. The van der Waals surface area contributed by atoms with Gasteiger partial charge in [0.25, 0.3) is 11.8 Å². The lowest BCUT2D eigenvalue weighted by molar-refractivity contribution is -0.155. The molecule has 0 aliphatic carbocycles. The molecule has 4 nitrogen and oxygen atoms in total. The lowest BCUT2D eigenvalue weighted by atomic mass is 10.1. The molecule has 3 aliphatic rings. The minimum atomic E-state index is -0.434. The Labute approximate surface area is 148 Å². The van der Waals surface area contributed by atoms with Gasteiger partial charge in [-0.3, -0.25) is 9.59 Å². The summed E-state index contributed by atoms with van der Waals surface area (Å²) in [4.78, 5) is 29.1. The third-order valence-corrected chi connectivity index (χ3v) is 7.00. The average Bonchev–Trinajstić information content (AvgIpc) is 2.62. The standard InChI is InChI=1S/C18H16N2O2S2/c21-15-18-20(12-14-9-5-2-6-10-14)16(22)17(23-24-18)19(15)11-13-7-3-1-4-8-13/h1-10,17-18H,11-12H2/t17-,18-/m0/s1. The third kappa shape index (κ3) is 2.80. The Kier molecular flexibility index (Phi) is 4.24. The van der Waals surface area contributed by atoms with Gasteiger partial charge in [-0.1, -0.05) is 82.3 Å². The molecular weight excluding hydrogens is 340 g/mol. The topological polar surface area (TPSA) is 40.6 Å². The van der Waals surface area contributed by atoms with Crippen LogP contribution >= 0.6 is 21.6 Å². The first-order chi connectivity index (χ1) is 11.7. The van der Waals surface area contributed by atoms with Crippen LogP contribution in [-0.4, -0.2) is 32.4 Å². The minimum Gasteiger partial charge on any atom is -0.314 e. The molecule has 122 valence electrons. The minimum absolute atomic E-state index is 0.0307. The number of hydrogen-bond donors (Lipinski definition) is 0. The summed E-state index contributed by atoms with van der Waals surface area (Å²) in [6.45, 7) is 0.971. The largest absolute Gasteiger partial charge is 0.314 e. The maximum Gasteiger partial charge on any atom is 0.258 e. The predicted molar refractivity (Wildman–Crippen MR) is 96.7 cm³/mol. The predicted octanol–water partition coefficient (Wildman–Crippen LogP) is 3.10. The number of nitrogens with zero attached hydrogens (tertiary/aromatic N) is 2. The Bertz CT molecular complexity index is 689. The van der Waals surface area contributed by atoms with Crippen LogP contribution in [0.5, 0.6) is 0 Å². The van der Waals surface area contributed by atoms with Crippen molar-refractivity contribution in [2.75, 3.05) is 0 Å². The maximum absolute atomic E-state index is 12.8. The van der Waals surface area contributed by atoms with Crippen molar-refractivity contribution in [2.45, 2.75) is 23.8 Å². The smallest absolute Gasteiger partial charge is 0.258 e. The number of carbonyl (C=O) groups is 2. The lowest BCUT2D eigenvalue weighted by Gasteiger charge is -2.48. The van der Waals surface area contributed by atoms with E-state index in [1.807, 2.05) is 60.7 Å². The van der Waals surface area contributed by atoms with E-state index < -0.39 is 10.7 Å². The van der Waals surface area contributed by atoms with Gasteiger partial charge in [-0.25, -0.2) is 0 Å². The zero-order valence-electron chi connectivity index (χ0n) is 12.9. The maximum atomic E-state index is 12.8. The third-order valence-electron chi connectivity index (χ3n) is 4.18. The molecule has 24 heavy (non-hydrogen) atoms. The number of amides is 2. The van der Waals surface area contributed by atoms with Crippen LogP contribution in [0.25, 0.3) is 0 Å². The quantitative estimate of drug-likeness (QED) is 0.790. The molecule has 6 heteroatoms. The van der Waals surface area contributed by atoms with Crippen LogP contribution in [-0.2, 0) is 22.7 Å². The van der Waals surface area contributed by atoms with Gasteiger partial charge < -0.3 is 9.80 Å². The van der Waals surface area contributed by atoms with E-state index in [2.05, 4.69) is 0 Å². The molecule has 3 aliphatic heterocycles. The van der Waals surface area contributed by atoms with E-state index in [0.29, 0.717) is 13.1 Å². The normalized spacial score (nSPS) is 23.0. The van der Waals surface area contributed by atoms with Gasteiger partial charge in [0, 0.05) is 13.1 Å². The van der Waals surface area contributed by atoms with Gasteiger partial charge in [0.05, 0.1) is 0 Å². The van der Waals surface area contributed by atoms with E-state index in [-0.39, 0.29) is 11.8 Å². The summed E-state index contributed by atoms with van der Waals surface area (Å²) in [5.41, 5.74) is 2.10. The first-order valence-electron chi connectivity index (χ1n) is 7.75. The Morgan fingerprint density at radius 2 is 1.04 bits per heavy atom. The number of fused-ring (bicyclic) bond motifs is 3. The SMILES string of the molecule is O=C1[C@@H]2SS[C@@H](C(=O)N2Cc2ccccc2)N1Cc1ccccc1. The highest BCUT2D eigenvalue weighted by Crippen LogP contribution is 2.47. The first kappa shape index (κ1) is 15.6. The number of carbonyl (C=O) groups excluding carboxylic acids is 2. The number of rotatable bonds is 4. The molecular formula is C18H16N2O2S2. The molecule has 2 amide bonds. The van der Waals surface area contributed by atoms with Crippen molar-refractivity contribution in [1.82, 2.24) is 9.80 Å². The van der Waals surface area contributed by atoms with Crippen molar-refractivity contribution in [3.63, 3.8) is 0 Å². The van der Waals surface area contributed by atoms with Crippen LogP contribution < -0.4 is 0 Å². The first-order valence-corrected chi connectivity index (χ1v) is 10.0. The fourth-order valence-corrected chi connectivity index (χ4v) is 5.91. The Balaban J connectivity index is 1.55. The fraction of sp³-hybridized carbons (Fsp3) is 0.222. The van der Waals surface area contributed by atoms with Gasteiger partial charge in [0.2, 0.25) is 0 Å². The van der Waals surface area contributed by atoms with Crippen LogP contribution in [0.2, 0.25) is 0 Å². The molecule has 0 radical (unpaired) electrons. The highest BCUT2D eigenvalue weighted by atomic mass is 33.1. The van der Waals surface area contributed by atoms with Crippen LogP contribution in [0.1, 0.15) is 11.1 Å². The molecule has 3 heterocycles. The van der Waals surface area contributed by atoms with Gasteiger partial charge in [-0.05, 0) is 11.1 Å². The Hall–Kier alpha value is -1.92. The number of piperazine rings is 1. The summed E-state index contributed by atoms with van der Waals surface area (Å²) in [6.07, 6.45) is 0. The lowest BCUT2D eigenvalue weighted by Crippen LogP contribution is -2.64. The molecule has 2 bridgehead atoms. The summed E-state index contributed by atoms with van der Waals surface area (Å²) < 4.78 is 0. The molecule has 3 saturated heterocycles. The van der Waals surface area contributed by atoms with Crippen molar-refractivity contribution >= 4 is 33.4 Å². The van der Waals surface area contributed by atoms with Crippen molar-refractivity contribution in [2.24, 2.45) is 0 Å². The highest BCUT2D eigenvalue weighted by Gasteiger charge is 2.51. The van der Waals surface area contributed by atoms with Crippen LogP contribution in [0.3, 0.4) is 0 Å². The molecule has 0 spiro atoms. The molecule has 5 rings (SSSR count). The second kappa shape index (κ2) is 6.53. The summed E-state index contributed by atoms with van der Waals surface area (Å²) >= 11 is 0. The summed E-state index contributed by atoms with van der Waals surface area (Å²) in [5.74, 6) is 0.0614. The summed E-state index contributed by atoms with van der Waals surface area (Å²) in [6, 6.07) is 19.6. The highest BCUT2D eigenvalue weighted by molar-refractivity contribution is 8.77. The average molecular weight is 356 g/mol. The van der Waals surface area contributed by atoms with Gasteiger partial charge in [-0.2, -0.15) is 0 Å². The summed E-state index contributed by atoms with van der Waals surface area (Å²) in [7, 11) is 2.99. The van der Waals surface area contributed by atoms with E-state index in [4.69, 9.17) is 0 Å². The van der Waals surface area contributed by atoms with E-state index in [0.717, 1.165) is 11.1 Å². The zero-order chi connectivity index (χ0) is 16.5. The van der Waals surface area contributed by atoms with Crippen molar-refractivity contribution < 1.29 is 9.59 Å². The van der Waals surface area contributed by atoms with Crippen LogP contribution in [0, 0.1) is 0 Å². The van der Waals surface area contributed by atoms with Crippen molar-refractivity contribution in [1.29, 1.82) is 0 Å². The molecule has 2 atom stereocenters. The Morgan fingerprint density at radius 3 is 1.42 bits per heavy atom. The Morgan fingerprint density at radius 1 is 0.667 bits per heavy atom. The molecule has 0 unspecified atom stereocenters. The number of benzene rings is 2. The number of hydrogen-bond acceptors (Lipinski definition) is 4. The van der Waals surface area contributed by atoms with E-state index >= 15 is 0 Å². The van der Waals surface area contributed by atoms with Crippen molar-refractivity contribution in [3.8, 4) is 0 Å².